The summed E-state index contributed by atoms with van der Waals surface area (Å²) in [6.45, 7) is 0. The van der Waals surface area contributed by atoms with Crippen LogP contribution in [-0.2, 0) is 20.7 Å². The first-order valence-electron chi connectivity index (χ1n) is 11.6. The van der Waals surface area contributed by atoms with Crippen LogP contribution >= 0.6 is 0 Å². The zero-order chi connectivity index (χ0) is 26.5. The number of aromatic carboxylic acids is 1. The van der Waals surface area contributed by atoms with Crippen LogP contribution in [0.15, 0.2) is 66.7 Å². The number of ether oxygens (including phenoxy) is 4. The van der Waals surface area contributed by atoms with Crippen LogP contribution in [0.5, 0.6) is 17.2 Å². The maximum atomic E-state index is 13.2. The molecular weight excluding hydrogens is 480 g/mol. The van der Waals surface area contributed by atoms with Crippen LogP contribution in [0.2, 0.25) is 0 Å². The maximum absolute atomic E-state index is 13.2. The third-order valence-corrected chi connectivity index (χ3v) is 7.47. The van der Waals surface area contributed by atoms with Crippen molar-refractivity contribution in [2.45, 2.75) is 23.2 Å². The fourth-order valence-electron chi connectivity index (χ4n) is 5.93. The fraction of sp³-hybridized carbons (Fsp3) is 0.286. The van der Waals surface area contributed by atoms with Crippen molar-refractivity contribution in [3.05, 3.63) is 89.0 Å². The molecule has 3 aromatic rings. The van der Waals surface area contributed by atoms with Gasteiger partial charge in [-0.2, -0.15) is 0 Å². The molecule has 5 atom stereocenters. The van der Waals surface area contributed by atoms with Crippen LogP contribution in [0.25, 0.3) is 0 Å². The molecule has 0 spiro atoms. The van der Waals surface area contributed by atoms with E-state index in [0.29, 0.717) is 16.9 Å². The molecule has 0 bridgehead atoms. The number of rotatable bonds is 6. The molecule has 0 unspecified atom stereocenters. The minimum Gasteiger partial charge on any atom is -0.497 e. The SMILES string of the molecule is COC(=O)[C@H]1[C@@H](O)[C@@]2(O)c3c(OC)cc(C(=O)O)cc3O[C@@]2(c2ccc(OC)cc2)[C@@H]1c1ccccc1. The molecule has 9 heteroatoms. The number of esters is 1. The minimum atomic E-state index is -2.24. The molecule has 1 saturated carbocycles. The van der Waals surface area contributed by atoms with Crippen molar-refractivity contribution < 1.29 is 43.9 Å². The third kappa shape index (κ3) is 3.24. The number of carbonyl (C=O) groups is 2. The Morgan fingerprint density at radius 3 is 2.19 bits per heavy atom. The normalized spacial score (nSPS) is 27.5. The van der Waals surface area contributed by atoms with E-state index < -0.39 is 41.1 Å². The molecule has 0 amide bonds. The first kappa shape index (κ1) is 24.6. The van der Waals surface area contributed by atoms with E-state index in [-0.39, 0.29) is 22.6 Å². The van der Waals surface area contributed by atoms with Gasteiger partial charge in [0.1, 0.15) is 23.4 Å². The lowest BCUT2D eigenvalue weighted by Gasteiger charge is -2.40. The summed E-state index contributed by atoms with van der Waals surface area (Å²) in [6, 6.07) is 18.2. The predicted molar refractivity (Wildman–Crippen MR) is 130 cm³/mol. The van der Waals surface area contributed by atoms with Gasteiger partial charge >= 0.3 is 11.9 Å². The monoisotopic (exact) mass is 506 g/mol. The van der Waals surface area contributed by atoms with Gasteiger partial charge in [0.05, 0.1) is 38.4 Å². The van der Waals surface area contributed by atoms with E-state index in [1.807, 2.05) is 0 Å². The second kappa shape index (κ2) is 8.79. The molecule has 192 valence electrons. The van der Waals surface area contributed by atoms with Gasteiger partial charge in [-0.3, -0.25) is 4.79 Å². The lowest BCUT2D eigenvalue weighted by Crippen LogP contribution is -2.52. The van der Waals surface area contributed by atoms with Crippen LogP contribution < -0.4 is 14.2 Å². The van der Waals surface area contributed by atoms with E-state index in [2.05, 4.69) is 0 Å². The average Bonchev–Trinajstić information content (AvgIpc) is 3.30. The fourth-order valence-corrected chi connectivity index (χ4v) is 5.93. The van der Waals surface area contributed by atoms with Crippen molar-refractivity contribution in [1.29, 1.82) is 0 Å². The standard InChI is InChI=1S/C28H26O9/c1-34-18-11-9-17(10-12-18)28-22(15-7-5-4-6-8-15)21(26(32)36-3)24(29)27(28,33)23-19(35-2)13-16(25(30)31)14-20(23)37-28/h4-14,21-22,24,29,33H,1-3H3,(H,30,31)/t21-,22-,24-,27+,28+/m1/s1. The average molecular weight is 507 g/mol. The molecule has 2 aliphatic rings. The van der Waals surface area contributed by atoms with Gasteiger partial charge in [0, 0.05) is 5.92 Å². The number of carboxylic acid groups (broad SMARTS) is 1. The molecule has 3 aromatic carbocycles. The van der Waals surface area contributed by atoms with Gasteiger partial charge in [0.2, 0.25) is 0 Å². The van der Waals surface area contributed by atoms with Gasteiger partial charge in [0.15, 0.2) is 11.2 Å². The summed E-state index contributed by atoms with van der Waals surface area (Å²) < 4.78 is 22.5. The highest BCUT2D eigenvalue weighted by atomic mass is 16.5. The summed E-state index contributed by atoms with van der Waals surface area (Å²) in [5.41, 5.74) is -3.04. The van der Waals surface area contributed by atoms with Crippen molar-refractivity contribution in [2.75, 3.05) is 21.3 Å². The summed E-state index contributed by atoms with van der Waals surface area (Å²) >= 11 is 0. The molecule has 1 heterocycles. The van der Waals surface area contributed by atoms with E-state index in [4.69, 9.17) is 18.9 Å². The highest BCUT2D eigenvalue weighted by Gasteiger charge is 2.78. The van der Waals surface area contributed by atoms with Gasteiger partial charge in [-0.25, -0.2) is 4.79 Å². The second-order valence-corrected chi connectivity index (χ2v) is 9.07. The first-order chi connectivity index (χ1) is 17.7. The molecule has 1 fully saturated rings. The smallest absolute Gasteiger partial charge is 0.335 e. The number of carboxylic acids is 1. The summed E-state index contributed by atoms with van der Waals surface area (Å²) in [5, 5.41) is 34.1. The van der Waals surface area contributed by atoms with Crippen molar-refractivity contribution >= 4 is 11.9 Å². The summed E-state index contributed by atoms with van der Waals surface area (Å²) in [6.07, 6.45) is -1.71. The molecule has 9 nitrogen and oxygen atoms in total. The van der Waals surface area contributed by atoms with Crippen LogP contribution in [0.3, 0.4) is 0 Å². The van der Waals surface area contributed by atoms with Crippen molar-refractivity contribution in [3.63, 3.8) is 0 Å². The summed E-state index contributed by atoms with van der Waals surface area (Å²) in [7, 11) is 4.05. The number of aliphatic hydroxyl groups is 2. The Labute approximate surface area is 212 Å². The van der Waals surface area contributed by atoms with Gasteiger partial charge in [-0.1, -0.05) is 42.5 Å². The largest absolute Gasteiger partial charge is 0.497 e. The number of methoxy groups -OCH3 is 3. The molecular formula is C28H26O9. The highest BCUT2D eigenvalue weighted by molar-refractivity contribution is 5.90. The van der Waals surface area contributed by atoms with Crippen LogP contribution in [0.1, 0.15) is 33.0 Å². The van der Waals surface area contributed by atoms with Gasteiger partial charge in [-0.15, -0.1) is 0 Å². The number of hydrogen-bond acceptors (Lipinski definition) is 8. The quantitative estimate of drug-likeness (QED) is 0.432. The lowest BCUT2D eigenvalue weighted by atomic mass is 9.70. The molecule has 0 saturated heterocycles. The Balaban J connectivity index is 1.89. The first-order valence-corrected chi connectivity index (χ1v) is 11.6. The van der Waals surface area contributed by atoms with Crippen molar-refractivity contribution in [2.24, 2.45) is 5.92 Å². The number of fused-ring (bicyclic) bond motifs is 3. The van der Waals surface area contributed by atoms with E-state index in [0.717, 1.165) is 0 Å². The molecule has 1 aliphatic heterocycles. The summed E-state index contributed by atoms with van der Waals surface area (Å²) in [5.74, 6) is -3.56. The minimum absolute atomic E-state index is 0.00386. The number of carbonyl (C=O) groups excluding carboxylic acids is 1. The Hall–Kier alpha value is -4.08. The Morgan fingerprint density at radius 1 is 0.946 bits per heavy atom. The van der Waals surface area contributed by atoms with E-state index in [1.54, 1.807) is 54.6 Å². The zero-order valence-electron chi connectivity index (χ0n) is 20.4. The molecule has 0 radical (unpaired) electrons. The van der Waals surface area contributed by atoms with Crippen molar-refractivity contribution in [3.8, 4) is 17.2 Å². The van der Waals surface area contributed by atoms with Gasteiger partial charge in [-0.05, 0) is 35.4 Å². The topological polar surface area (TPSA) is 132 Å². The van der Waals surface area contributed by atoms with E-state index >= 15 is 0 Å². The van der Waals surface area contributed by atoms with Gasteiger partial charge < -0.3 is 34.3 Å². The maximum Gasteiger partial charge on any atom is 0.335 e. The summed E-state index contributed by atoms with van der Waals surface area (Å²) in [4.78, 5) is 25.0. The highest BCUT2D eigenvalue weighted by Crippen LogP contribution is 2.70. The number of benzene rings is 3. The van der Waals surface area contributed by atoms with Crippen LogP contribution in [0.4, 0.5) is 0 Å². The molecule has 0 aromatic heterocycles. The number of aliphatic hydroxyl groups excluding tert-OH is 1. The van der Waals surface area contributed by atoms with Crippen LogP contribution in [-0.4, -0.2) is 54.7 Å². The van der Waals surface area contributed by atoms with Crippen LogP contribution in [0, 0.1) is 5.92 Å². The van der Waals surface area contributed by atoms with Crippen molar-refractivity contribution in [1.82, 2.24) is 0 Å². The number of hydrogen-bond donors (Lipinski definition) is 3. The van der Waals surface area contributed by atoms with E-state index in [1.165, 1.54) is 33.5 Å². The Bertz CT molecular complexity index is 1350. The predicted octanol–water partition coefficient (Wildman–Crippen LogP) is 2.83. The van der Waals surface area contributed by atoms with E-state index in [9.17, 15) is 24.9 Å². The Kier molecular flexibility index (Phi) is 5.85. The molecule has 1 aliphatic carbocycles. The third-order valence-electron chi connectivity index (χ3n) is 7.47. The van der Waals surface area contributed by atoms with Gasteiger partial charge in [0.25, 0.3) is 0 Å². The zero-order valence-corrected chi connectivity index (χ0v) is 20.4. The molecule has 3 N–H and O–H groups in total. The molecule has 5 rings (SSSR count). The molecule has 37 heavy (non-hydrogen) atoms. The second-order valence-electron chi connectivity index (χ2n) is 9.07. The lowest BCUT2D eigenvalue weighted by molar-refractivity contribution is -0.161. The Morgan fingerprint density at radius 2 is 1.62 bits per heavy atom.